The fourth-order valence-corrected chi connectivity index (χ4v) is 2.77. The molecule has 2 aromatic carbocycles. The molecule has 3 N–H and O–H groups in total. The van der Waals surface area contributed by atoms with Gasteiger partial charge in [0.1, 0.15) is 11.3 Å². The second-order valence-electron chi connectivity index (χ2n) is 4.72. The van der Waals surface area contributed by atoms with Gasteiger partial charge in [-0.2, -0.15) is 0 Å². The van der Waals surface area contributed by atoms with Crippen molar-refractivity contribution in [3.05, 3.63) is 70.4 Å². The number of hydrogen-bond donors (Lipinski definition) is 2. The van der Waals surface area contributed by atoms with Gasteiger partial charge in [-0.1, -0.05) is 42.5 Å². The highest BCUT2D eigenvalue weighted by molar-refractivity contribution is 9.10. The lowest BCUT2D eigenvalue weighted by molar-refractivity contribution is 0.434. The van der Waals surface area contributed by atoms with E-state index in [4.69, 9.17) is 10.3 Å². The van der Waals surface area contributed by atoms with Gasteiger partial charge in [0.05, 0.1) is 10.5 Å². The quantitative estimate of drug-likeness (QED) is 0.562. The van der Waals surface area contributed by atoms with Gasteiger partial charge in [-0.3, -0.25) is 5.84 Å². The number of furan rings is 1. The summed E-state index contributed by atoms with van der Waals surface area (Å²) >= 11 is 3.50. The maximum Gasteiger partial charge on any atom is 0.148 e. The lowest BCUT2D eigenvalue weighted by Crippen LogP contribution is -2.29. The zero-order valence-electron chi connectivity index (χ0n) is 10.8. The molecule has 0 spiro atoms. The van der Waals surface area contributed by atoms with Crippen LogP contribution < -0.4 is 11.3 Å². The standard InChI is InChI=1S/C16H15BrN2O/c17-13-8-4-7-12-10-15(20-16(12)13)14(19-18)9-11-5-2-1-3-6-11/h1-8,10,14,19H,9,18H2. The zero-order valence-corrected chi connectivity index (χ0v) is 12.4. The van der Waals surface area contributed by atoms with Gasteiger partial charge < -0.3 is 4.42 Å². The van der Waals surface area contributed by atoms with Gasteiger partial charge in [-0.25, -0.2) is 5.43 Å². The van der Waals surface area contributed by atoms with Crippen molar-refractivity contribution in [2.75, 3.05) is 0 Å². The molecule has 0 aliphatic carbocycles. The second kappa shape index (κ2) is 5.79. The van der Waals surface area contributed by atoms with Crippen LogP contribution in [0.1, 0.15) is 17.4 Å². The Kier molecular flexibility index (Phi) is 3.87. The van der Waals surface area contributed by atoms with Crippen LogP contribution in [0.5, 0.6) is 0 Å². The molecule has 3 rings (SSSR count). The first-order chi connectivity index (χ1) is 9.78. The normalized spacial score (nSPS) is 12.7. The molecule has 102 valence electrons. The predicted molar refractivity (Wildman–Crippen MR) is 84.1 cm³/mol. The molecule has 0 saturated heterocycles. The number of hydrogen-bond acceptors (Lipinski definition) is 3. The van der Waals surface area contributed by atoms with E-state index < -0.39 is 0 Å². The van der Waals surface area contributed by atoms with E-state index in [-0.39, 0.29) is 6.04 Å². The summed E-state index contributed by atoms with van der Waals surface area (Å²) in [6.45, 7) is 0. The first kappa shape index (κ1) is 13.4. The van der Waals surface area contributed by atoms with Crippen LogP contribution in [-0.2, 0) is 6.42 Å². The molecule has 0 aliphatic rings. The molecule has 0 fully saturated rings. The molecule has 1 unspecified atom stereocenters. The van der Waals surface area contributed by atoms with Gasteiger partial charge in [0, 0.05) is 5.39 Å². The summed E-state index contributed by atoms with van der Waals surface area (Å²) in [5.74, 6) is 6.54. The molecule has 1 aromatic heterocycles. The van der Waals surface area contributed by atoms with Crippen molar-refractivity contribution in [1.29, 1.82) is 0 Å². The SMILES string of the molecule is NNC(Cc1ccccc1)c1cc2cccc(Br)c2o1. The van der Waals surface area contributed by atoms with Crippen molar-refractivity contribution in [3.8, 4) is 0 Å². The van der Waals surface area contributed by atoms with Crippen LogP contribution in [0.2, 0.25) is 0 Å². The van der Waals surface area contributed by atoms with Crippen molar-refractivity contribution in [2.45, 2.75) is 12.5 Å². The number of benzene rings is 2. The average Bonchev–Trinajstić information content (AvgIpc) is 2.91. The lowest BCUT2D eigenvalue weighted by atomic mass is 10.0. The van der Waals surface area contributed by atoms with Gasteiger partial charge in [0.2, 0.25) is 0 Å². The molecule has 1 atom stereocenters. The van der Waals surface area contributed by atoms with E-state index >= 15 is 0 Å². The minimum Gasteiger partial charge on any atom is -0.458 e. The van der Waals surface area contributed by atoms with Gasteiger partial charge in [-0.05, 0) is 40.0 Å². The van der Waals surface area contributed by atoms with E-state index in [0.717, 1.165) is 27.6 Å². The zero-order chi connectivity index (χ0) is 13.9. The highest BCUT2D eigenvalue weighted by atomic mass is 79.9. The maximum atomic E-state index is 5.93. The van der Waals surface area contributed by atoms with Crippen LogP contribution in [0.25, 0.3) is 11.0 Å². The van der Waals surface area contributed by atoms with Crippen LogP contribution in [-0.4, -0.2) is 0 Å². The molecule has 0 saturated carbocycles. The van der Waals surface area contributed by atoms with E-state index in [0.29, 0.717) is 0 Å². The van der Waals surface area contributed by atoms with Crippen LogP contribution in [0.3, 0.4) is 0 Å². The minimum atomic E-state index is -0.0447. The summed E-state index contributed by atoms with van der Waals surface area (Å²) in [6, 6.07) is 18.2. The smallest absolute Gasteiger partial charge is 0.148 e. The Hall–Kier alpha value is -1.62. The van der Waals surface area contributed by atoms with Gasteiger partial charge >= 0.3 is 0 Å². The Balaban J connectivity index is 1.93. The molecule has 4 heteroatoms. The summed E-state index contributed by atoms with van der Waals surface area (Å²) in [5.41, 5.74) is 4.91. The molecular weight excluding hydrogens is 316 g/mol. The fraction of sp³-hybridized carbons (Fsp3) is 0.125. The first-order valence-corrected chi connectivity index (χ1v) is 7.25. The van der Waals surface area contributed by atoms with Crippen molar-refractivity contribution in [2.24, 2.45) is 5.84 Å². The van der Waals surface area contributed by atoms with Crippen LogP contribution >= 0.6 is 15.9 Å². The van der Waals surface area contributed by atoms with E-state index in [9.17, 15) is 0 Å². The summed E-state index contributed by atoms with van der Waals surface area (Å²) in [7, 11) is 0. The molecule has 0 radical (unpaired) electrons. The van der Waals surface area contributed by atoms with Crippen LogP contribution in [0, 0.1) is 0 Å². The third-order valence-electron chi connectivity index (χ3n) is 3.34. The largest absolute Gasteiger partial charge is 0.458 e. The molecular formula is C16H15BrN2O. The summed E-state index contributed by atoms with van der Waals surface area (Å²) in [5, 5.41) is 1.07. The minimum absolute atomic E-state index is 0.0447. The number of nitrogens with two attached hydrogens (primary N) is 1. The molecule has 1 heterocycles. The number of hydrazine groups is 1. The monoisotopic (exact) mass is 330 g/mol. The highest BCUT2D eigenvalue weighted by Gasteiger charge is 2.16. The van der Waals surface area contributed by atoms with Gasteiger partial charge in [-0.15, -0.1) is 0 Å². The van der Waals surface area contributed by atoms with Gasteiger partial charge in [0.25, 0.3) is 0 Å². The van der Waals surface area contributed by atoms with E-state index in [1.165, 1.54) is 5.56 Å². The molecule has 0 amide bonds. The van der Waals surface area contributed by atoms with Crippen molar-refractivity contribution in [3.63, 3.8) is 0 Å². The molecule has 3 aromatic rings. The number of fused-ring (bicyclic) bond motifs is 1. The summed E-state index contributed by atoms with van der Waals surface area (Å²) < 4.78 is 6.89. The van der Waals surface area contributed by atoms with Gasteiger partial charge in [0.15, 0.2) is 0 Å². The third-order valence-corrected chi connectivity index (χ3v) is 3.97. The summed E-state index contributed by atoms with van der Waals surface area (Å²) in [4.78, 5) is 0. The second-order valence-corrected chi connectivity index (χ2v) is 5.57. The van der Waals surface area contributed by atoms with Crippen molar-refractivity contribution < 1.29 is 4.42 Å². The Labute approximate surface area is 125 Å². The Morgan fingerprint density at radius 3 is 2.60 bits per heavy atom. The molecule has 3 nitrogen and oxygen atoms in total. The Bertz CT molecular complexity index is 709. The van der Waals surface area contributed by atoms with Crippen molar-refractivity contribution in [1.82, 2.24) is 5.43 Å². The van der Waals surface area contributed by atoms with Crippen LogP contribution in [0.4, 0.5) is 0 Å². The molecule has 0 aliphatic heterocycles. The number of nitrogens with one attached hydrogen (secondary N) is 1. The van der Waals surface area contributed by atoms with Crippen molar-refractivity contribution >= 4 is 26.9 Å². The third kappa shape index (κ3) is 2.63. The van der Waals surface area contributed by atoms with E-state index in [1.807, 2.05) is 42.5 Å². The fourth-order valence-electron chi connectivity index (χ4n) is 2.31. The predicted octanol–water partition coefficient (Wildman–Crippen LogP) is 3.94. The van der Waals surface area contributed by atoms with E-state index in [1.54, 1.807) is 0 Å². The average molecular weight is 331 g/mol. The maximum absolute atomic E-state index is 5.93. The number of rotatable bonds is 4. The highest BCUT2D eigenvalue weighted by Crippen LogP contribution is 2.30. The molecule has 20 heavy (non-hydrogen) atoms. The summed E-state index contributed by atoms with van der Waals surface area (Å²) in [6.07, 6.45) is 0.786. The topological polar surface area (TPSA) is 51.2 Å². The Morgan fingerprint density at radius 1 is 1.10 bits per heavy atom. The molecule has 0 bridgehead atoms. The lowest BCUT2D eigenvalue weighted by Gasteiger charge is -2.13. The number of para-hydroxylation sites is 1. The van der Waals surface area contributed by atoms with Crippen LogP contribution in [0.15, 0.2) is 63.5 Å². The number of halogens is 1. The van der Waals surface area contributed by atoms with E-state index in [2.05, 4.69) is 33.5 Å². The first-order valence-electron chi connectivity index (χ1n) is 6.46. The Morgan fingerprint density at radius 2 is 1.90 bits per heavy atom.